The van der Waals surface area contributed by atoms with Gasteiger partial charge in [-0.2, -0.15) is 0 Å². The number of rotatable bonds is 3. The molecule has 0 aromatic carbocycles. The maximum atomic E-state index is 11.4. The molecule has 0 amide bonds. The fraction of sp³-hybridized carbons (Fsp3) is 0.375. The van der Waals surface area contributed by atoms with Gasteiger partial charge in [0.05, 0.1) is 42.3 Å². The minimum atomic E-state index is 0.141. The Labute approximate surface area is 123 Å². The molecule has 0 spiro atoms. The average molecular weight is 286 g/mol. The Morgan fingerprint density at radius 2 is 2.10 bits per heavy atom. The molecular formula is C16H18N2O3. The van der Waals surface area contributed by atoms with Crippen molar-refractivity contribution >= 4 is 12.0 Å². The predicted molar refractivity (Wildman–Crippen MR) is 79.5 cm³/mol. The van der Waals surface area contributed by atoms with E-state index in [1.165, 1.54) is 0 Å². The molecule has 1 saturated heterocycles. The quantitative estimate of drug-likeness (QED) is 0.812. The molecular weight excluding hydrogens is 268 g/mol. The molecule has 2 atom stereocenters. The van der Waals surface area contributed by atoms with Crippen LogP contribution in [0, 0.1) is 0 Å². The third-order valence-electron chi connectivity index (χ3n) is 3.62. The fourth-order valence-corrected chi connectivity index (χ4v) is 2.77. The summed E-state index contributed by atoms with van der Waals surface area (Å²) < 4.78 is 10.8. The summed E-state index contributed by atoms with van der Waals surface area (Å²) in [6.45, 7) is 5.60. The highest BCUT2D eigenvalue weighted by Crippen LogP contribution is 2.26. The molecule has 1 fully saturated rings. The van der Waals surface area contributed by atoms with E-state index in [4.69, 9.17) is 9.15 Å². The van der Waals surface area contributed by atoms with E-state index >= 15 is 0 Å². The first-order chi connectivity index (χ1) is 10.2. The van der Waals surface area contributed by atoms with E-state index < -0.39 is 0 Å². The summed E-state index contributed by atoms with van der Waals surface area (Å²) in [5, 5.41) is 0. The number of aromatic nitrogens is 1. The number of anilines is 1. The summed E-state index contributed by atoms with van der Waals surface area (Å²) in [4.78, 5) is 18.1. The molecule has 110 valence electrons. The van der Waals surface area contributed by atoms with Gasteiger partial charge in [-0.1, -0.05) is 0 Å². The predicted octanol–water partition coefficient (Wildman–Crippen LogP) is 2.77. The molecule has 1 aliphatic heterocycles. The van der Waals surface area contributed by atoms with Crippen molar-refractivity contribution < 1.29 is 13.9 Å². The van der Waals surface area contributed by atoms with Gasteiger partial charge < -0.3 is 14.1 Å². The monoisotopic (exact) mass is 286 g/mol. The molecule has 0 radical (unpaired) electrons. The van der Waals surface area contributed by atoms with Crippen molar-refractivity contribution in [3.8, 4) is 11.3 Å². The lowest BCUT2D eigenvalue weighted by Crippen LogP contribution is -2.45. The summed E-state index contributed by atoms with van der Waals surface area (Å²) in [6.07, 6.45) is 6.14. The van der Waals surface area contributed by atoms with Gasteiger partial charge in [-0.3, -0.25) is 9.78 Å². The number of hydrogen-bond donors (Lipinski definition) is 0. The molecule has 5 heteroatoms. The fourth-order valence-electron chi connectivity index (χ4n) is 2.77. The minimum Gasteiger partial charge on any atom is -0.472 e. The van der Waals surface area contributed by atoms with Gasteiger partial charge in [0.2, 0.25) is 0 Å². The lowest BCUT2D eigenvalue weighted by atomic mass is 10.1. The highest BCUT2D eigenvalue weighted by molar-refractivity contribution is 5.86. The number of ether oxygens (including phenoxy) is 1. The van der Waals surface area contributed by atoms with Crippen LogP contribution in [0.3, 0.4) is 0 Å². The zero-order valence-electron chi connectivity index (χ0n) is 12.2. The van der Waals surface area contributed by atoms with Crippen molar-refractivity contribution in [2.24, 2.45) is 0 Å². The maximum absolute atomic E-state index is 11.4. The Bertz CT molecular complexity index is 614. The van der Waals surface area contributed by atoms with Crippen LogP contribution in [-0.4, -0.2) is 36.6 Å². The molecule has 0 bridgehead atoms. The Hall–Kier alpha value is -2.14. The minimum absolute atomic E-state index is 0.141. The number of nitrogens with zero attached hydrogens (tertiary/aromatic N) is 2. The first-order valence-corrected chi connectivity index (χ1v) is 7.05. The smallest absolute Gasteiger partial charge is 0.152 e. The number of hydrogen-bond acceptors (Lipinski definition) is 5. The standard InChI is InChI=1S/C16H18N2O3/c1-11-7-18(8-12(2)21-11)16-6-17-15(5-14(16)9-19)13-3-4-20-10-13/h3-6,9-12H,7-8H2,1-2H3/t11-,12+. The summed E-state index contributed by atoms with van der Waals surface area (Å²) in [6, 6.07) is 3.63. The van der Waals surface area contributed by atoms with Crippen molar-refractivity contribution in [1.82, 2.24) is 4.98 Å². The molecule has 0 unspecified atom stereocenters. The van der Waals surface area contributed by atoms with E-state index in [1.807, 2.05) is 19.9 Å². The number of carbonyl (C=O) groups is 1. The van der Waals surface area contributed by atoms with Crippen LogP contribution in [0.4, 0.5) is 5.69 Å². The summed E-state index contributed by atoms with van der Waals surface area (Å²) >= 11 is 0. The van der Waals surface area contributed by atoms with Crippen LogP contribution in [0.2, 0.25) is 0 Å². The maximum Gasteiger partial charge on any atom is 0.152 e. The van der Waals surface area contributed by atoms with Gasteiger partial charge in [0, 0.05) is 24.2 Å². The lowest BCUT2D eigenvalue weighted by Gasteiger charge is -2.37. The molecule has 2 aromatic heterocycles. The van der Waals surface area contributed by atoms with Crippen molar-refractivity contribution in [2.75, 3.05) is 18.0 Å². The molecule has 2 aromatic rings. The van der Waals surface area contributed by atoms with Crippen LogP contribution in [0.25, 0.3) is 11.3 Å². The highest BCUT2D eigenvalue weighted by Gasteiger charge is 2.24. The summed E-state index contributed by atoms with van der Waals surface area (Å²) in [5.41, 5.74) is 3.11. The van der Waals surface area contributed by atoms with Crippen LogP contribution in [0.15, 0.2) is 35.3 Å². The number of aldehydes is 1. The zero-order valence-corrected chi connectivity index (χ0v) is 12.2. The van der Waals surface area contributed by atoms with E-state index in [2.05, 4.69) is 9.88 Å². The average Bonchev–Trinajstić information content (AvgIpc) is 2.99. The SMILES string of the molecule is C[C@@H]1CN(c2cnc(-c3ccoc3)cc2C=O)C[C@H](C)O1. The largest absolute Gasteiger partial charge is 0.472 e. The van der Waals surface area contributed by atoms with E-state index in [0.717, 1.165) is 36.3 Å². The second kappa shape index (κ2) is 5.69. The molecule has 0 aliphatic carbocycles. The number of furan rings is 1. The van der Waals surface area contributed by atoms with Gasteiger partial charge >= 0.3 is 0 Å². The first kappa shape index (κ1) is 13.8. The van der Waals surface area contributed by atoms with Crippen LogP contribution < -0.4 is 4.90 Å². The topological polar surface area (TPSA) is 55.6 Å². The van der Waals surface area contributed by atoms with Crippen LogP contribution in [0.1, 0.15) is 24.2 Å². The first-order valence-electron chi connectivity index (χ1n) is 7.05. The Balaban J connectivity index is 1.94. The highest BCUT2D eigenvalue weighted by atomic mass is 16.5. The molecule has 1 aliphatic rings. The van der Waals surface area contributed by atoms with Gasteiger partial charge in [0.25, 0.3) is 0 Å². The van der Waals surface area contributed by atoms with Gasteiger partial charge in [-0.25, -0.2) is 0 Å². The lowest BCUT2D eigenvalue weighted by molar-refractivity contribution is -0.00527. The Kier molecular flexibility index (Phi) is 3.75. The number of pyridine rings is 1. The third kappa shape index (κ3) is 2.83. The second-order valence-electron chi connectivity index (χ2n) is 5.42. The normalized spacial score (nSPS) is 22.3. The van der Waals surface area contributed by atoms with Crippen LogP contribution in [-0.2, 0) is 4.74 Å². The van der Waals surface area contributed by atoms with Crippen molar-refractivity contribution in [1.29, 1.82) is 0 Å². The molecule has 3 heterocycles. The molecule has 21 heavy (non-hydrogen) atoms. The molecule has 5 nitrogen and oxygen atoms in total. The summed E-state index contributed by atoms with van der Waals surface area (Å²) in [5.74, 6) is 0. The van der Waals surface area contributed by atoms with Crippen LogP contribution in [0.5, 0.6) is 0 Å². The van der Waals surface area contributed by atoms with Crippen molar-refractivity contribution in [3.05, 3.63) is 36.4 Å². The third-order valence-corrected chi connectivity index (χ3v) is 3.62. The number of carbonyl (C=O) groups excluding carboxylic acids is 1. The van der Waals surface area contributed by atoms with Gasteiger partial charge in [0.1, 0.15) is 0 Å². The zero-order chi connectivity index (χ0) is 14.8. The van der Waals surface area contributed by atoms with Crippen LogP contribution >= 0.6 is 0 Å². The van der Waals surface area contributed by atoms with Gasteiger partial charge in [-0.05, 0) is 26.0 Å². The van der Waals surface area contributed by atoms with E-state index in [-0.39, 0.29) is 12.2 Å². The van der Waals surface area contributed by atoms with Gasteiger partial charge in [-0.15, -0.1) is 0 Å². The Morgan fingerprint density at radius 3 is 2.71 bits per heavy atom. The molecule has 0 N–H and O–H groups in total. The van der Waals surface area contributed by atoms with E-state index in [0.29, 0.717) is 5.56 Å². The molecule has 0 saturated carbocycles. The molecule has 3 rings (SSSR count). The van der Waals surface area contributed by atoms with Crippen molar-refractivity contribution in [2.45, 2.75) is 26.1 Å². The van der Waals surface area contributed by atoms with E-state index in [1.54, 1.807) is 24.8 Å². The second-order valence-corrected chi connectivity index (χ2v) is 5.42. The van der Waals surface area contributed by atoms with Crippen molar-refractivity contribution in [3.63, 3.8) is 0 Å². The van der Waals surface area contributed by atoms with Gasteiger partial charge in [0.15, 0.2) is 6.29 Å². The number of morpholine rings is 1. The summed E-state index contributed by atoms with van der Waals surface area (Å²) in [7, 11) is 0. The Morgan fingerprint density at radius 1 is 1.33 bits per heavy atom. The van der Waals surface area contributed by atoms with E-state index in [9.17, 15) is 4.79 Å².